The van der Waals surface area contributed by atoms with Crippen molar-refractivity contribution in [2.75, 3.05) is 72.1 Å². The summed E-state index contributed by atoms with van der Waals surface area (Å²) in [5.74, 6) is 0.542. The van der Waals surface area contributed by atoms with Crippen LogP contribution in [0.4, 0.5) is 4.39 Å². The number of rotatable bonds is 7. The van der Waals surface area contributed by atoms with Crippen LogP contribution in [0.15, 0.2) is 47.3 Å². The van der Waals surface area contributed by atoms with E-state index in [1.165, 1.54) is 18.9 Å². The van der Waals surface area contributed by atoms with Gasteiger partial charge in [0.25, 0.3) is 11.5 Å². The molecule has 244 valence electrons. The summed E-state index contributed by atoms with van der Waals surface area (Å²) >= 11 is 0. The molecule has 2 N–H and O–H groups in total. The fourth-order valence-electron chi connectivity index (χ4n) is 8.17. The van der Waals surface area contributed by atoms with E-state index < -0.39 is 5.82 Å². The molecule has 0 unspecified atom stereocenters. The second-order valence-electron chi connectivity index (χ2n) is 13.5. The molecule has 7 rings (SSSR count). The number of benzene rings is 2. The van der Waals surface area contributed by atoms with E-state index in [4.69, 9.17) is 4.74 Å². The van der Waals surface area contributed by atoms with Gasteiger partial charge in [-0.3, -0.25) is 19.3 Å². The van der Waals surface area contributed by atoms with E-state index in [9.17, 15) is 18.8 Å². The number of aromatic nitrogens is 2. The zero-order valence-electron chi connectivity index (χ0n) is 26.3. The Hall–Kier alpha value is -3.67. The van der Waals surface area contributed by atoms with Crippen LogP contribution in [0.5, 0.6) is 0 Å². The molecule has 1 aromatic heterocycles. The molecule has 2 amide bonds. The molecule has 5 heterocycles. The molecule has 4 aliphatic rings. The number of hydrogen-bond donors (Lipinski definition) is 2. The number of aromatic amines is 1. The van der Waals surface area contributed by atoms with Crippen LogP contribution in [0.3, 0.4) is 0 Å². The molecule has 0 atom stereocenters. The van der Waals surface area contributed by atoms with Gasteiger partial charge in [0.05, 0.1) is 36.4 Å². The first-order chi connectivity index (χ1) is 22.4. The summed E-state index contributed by atoms with van der Waals surface area (Å²) in [6, 6.07) is 11.7. The average molecular weight is 631 g/mol. The number of ether oxygens (including phenoxy) is 1. The number of likely N-dealkylation sites (tertiary alicyclic amines) is 1. The first-order valence-corrected chi connectivity index (χ1v) is 16.7. The maximum Gasteiger partial charge on any atom is 0.272 e. The molecular weight excluding hydrogens is 587 g/mol. The van der Waals surface area contributed by atoms with Gasteiger partial charge in [0.1, 0.15) is 5.82 Å². The Morgan fingerprint density at radius 2 is 1.57 bits per heavy atom. The quantitative estimate of drug-likeness (QED) is 0.413. The van der Waals surface area contributed by atoms with Gasteiger partial charge in [-0.1, -0.05) is 24.3 Å². The summed E-state index contributed by atoms with van der Waals surface area (Å²) < 4.78 is 20.7. The molecule has 4 aliphatic heterocycles. The summed E-state index contributed by atoms with van der Waals surface area (Å²) in [5, 5.41) is 11.5. The zero-order chi connectivity index (χ0) is 31.7. The Morgan fingerprint density at radius 3 is 2.26 bits per heavy atom. The minimum Gasteiger partial charge on any atom is -0.380 e. The largest absolute Gasteiger partial charge is 0.380 e. The molecule has 0 bridgehead atoms. The predicted octanol–water partition coefficient (Wildman–Crippen LogP) is 2.67. The molecule has 4 fully saturated rings. The fraction of sp³-hybridized carbons (Fsp3) is 0.543. The number of hydrogen-bond acceptors (Lipinski definition) is 7. The lowest BCUT2D eigenvalue weighted by molar-refractivity contribution is -0.191. The number of piperazine rings is 1. The predicted molar refractivity (Wildman–Crippen MR) is 172 cm³/mol. The molecule has 3 aromatic rings. The van der Waals surface area contributed by atoms with Gasteiger partial charge in [0.2, 0.25) is 5.91 Å². The summed E-state index contributed by atoms with van der Waals surface area (Å²) in [6.07, 6.45) is 5.04. The van der Waals surface area contributed by atoms with Crippen molar-refractivity contribution >= 4 is 22.6 Å². The highest BCUT2D eigenvalue weighted by atomic mass is 19.1. The van der Waals surface area contributed by atoms with Crippen molar-refractivity contribution in [1.29, 1.82) is 0 Å². The zero-order valence-corrected chi connectivity index (χ0v) is 26.3. The fourth-order valence-corrected chi connectivity index (χ4v) is 8.17. The van der Waals surface area contributed by atoms with Crippen LogP contribution < -0.4 is 10.9 Å². The number of carbonyl (C=O) groups excluding carboxylic acids is 2. The molecule has 2 aromatic carbocycles. The Bertz CT molecular complexity index is 1640. The molecule has 0 spiro atoms. The van der Waals surface area contributed by atoms with Gasteiger partial charge in [-0.2, -0.15) is 5.10 Å². The number of amides is 2. The van der Waals surface area contributed by atoms with E-state index in [-0.39, 0.29) is 22.9 Å². The van der Waals surface area contributed by atoms with E-state index in [2.05, 4.69) is 20.4 Å². The van der Waals surface area contributed by atoms with Crippen molar-refractivity contribution in [2.45, 2.75) is 32.1 Å². The number of H-pyrrole nitrogens is 1. The lowest BCUT2D eigenvalue weighted by atomic mass is 9.60. The van der Waals surface area contributed by atoms with Crippen molar-refractivity contribution in [3.05, 3.63) is 75.5 Å². The first kappa shape index (κ1) is 31.0. The maximum absolute atomic E-state index is 14.9. The molecule has 0 aliphatic carbocycles. The summed E-state index contributed by atoms with van der Waals surface area (Å²) in [4.78, 5) is 44.6. The van der Waals surface area contributed by atoms with Crippen LogP contribution in [-0.2, 0) is 16.0 Å². The highest BCUT2D eigenvalue weighted by Crippen LogP contribution is 2.50. The molecule has 11 heteroatoms. The molecule has 4 saturated heterocycles. The van der Waals surface area contributed by atoms with Crippen LogP contribution in [0, 0.1) is 23.1 Å². The average Bonchev–Trinajstić information content (AvgIpc) is 3.07. The van der Waals surface area contributed by atoms with Crippen molar-refractivity contribution in [3.63, 3.8) is 0 Å². The standard InChI is InChI=1S/C35H43FN6O4/c36-30-6-5-24(20-31-27-3-1-2-4-28(27)33(44)39-38-31)19-29(30)34(45)42-17-15-41(16-18-42)32(43)21-40-13-9-26(10-14-40)35(22-46-23-35)25-7-11-37-12-8-25/h1-6,19,25-26,37H,7-18,20-23H2,(H,39,44). The monoisotopic (exact) mass is 630 g/mol. The Kier molecular flexibility index (Phi) is 8.89. The minimum absolute atomic E-state index is 0.00741. The van der Waals surface area contributed by atoms with E-state index in [0.29, 0.717) is 61.6 Å². The smallest absolute Gasteiger partial charge is 0.272 e. The van der Waals surface area contributed by atoms with Crippen molar-refractivity contribution in [1.82, 2.24) is 30.2 Å². The summed E-state index contributed by atoms with van der Waals surface area (Å²) in [5.41, 5.74) is 1.44. The van der Waals surface area contributed by atoms with Crippen molar-refractivity contribution in [2.24, 2.45) is 17.3 Å². The number of carbonyl (C=O) groups is 2. The summed E-state index contributed by atoms with van der Waals surface area (Å²) in [6.45, 7) is 7.86. The number of piperidine rings is 2. The van der Waals surface area contributed by atoms with Crippen molar-refractivity contribution in [3.8, 4) is 0 Å². The number of halogens is 1. The third-order valence-electron chi connectivity index (χ3n) is 11.0. The highest BCUT2D eigenvalue weighted by molar-refractivity contribution is 5.95. The Balaban J connectivity index is 0.918. The van der Waals surface area contributed by atoms with E-state index >= 15 is 0 Å². The van der Waals surface area contributed by atoms with Crippen LogP contribution in [0.2, 0.25) is 0 Å². The number of fused-ring (bicyclic) bond motifs is 1. The van der Waals surface area contributed by atoms with Crippen molar-refractivity contribution < 1.29 is 18.7 Å². The van der Waals surface area contributed by atoms with E-state index in [1.807, 2.05) is 17.0 Å². The third-order valence-corrected chi connectivity index (χ3v) is 11.0. The molecular formula is C35H43FN6O4. The van der Waals surface area contributed by atoms with Crippen LogP contribution in [-0.4, -0.2) is 109 Å². The lowest BCUT2D eigenvalue weighted by Crippen LogP contribution is -2.58. The third kappa shape index (κ3) is 6.08. The molecule has 0 saturated carbocycles. The lowest BCUT2D eigenvalue weighted by Gasteiger charge is -2.55. The van der Waals surface area contributed by atoms with Crippen LogP contribution in [0.25, 0.3) is 10.8 Å². The molecule has 46 heavy (non-hydrogen) atoms. The highest BCUT2D eigenvalue weighted by Gasteiger charge is 2.51. The maximum atomic E-state index is 14.9. The summed E-state index contributed by atoms with van der Waals surface area (Å²) in [7, 11) is 0. The van der Waals surface area contributed by atoms with Gasteiger partial charge in [0, 0.05) is 43.4 Å². The Labute approximate surface area is 268 Å². The Morgan fingerprint density at radius 1 is 0.891 bits per heavy atom. The second-order valence-corrected chi connectivity index (χ2v) is 13.5. The van der Waals surface area contributed by atoms with Crippen LogP contribution >= 0.6 is 0 Å². The van der Waals surface area contributed by atoms with Gasteiger partial charge >= 0.3 is 0 Å². The van der Waals surface area contributed by atoms with Gasteiger partial charge in [0.15, 0.2) is 0 Å². The van der Waals surface area contributed by atoms with E-state index in [0.717, 1.165) is 69.1 Å². The second kappa shape index (κ2) is 13.2. The minimum atomic E-state index is -0.578. The SMILES string of the molecule is O=C(CN1CCC(C2(C3CCNCC3)COC2)CC1)N1CCN(C(=O)c2cc(Cc3n[nH]c(=O)c4ccccc34)ccc2F)CC1. The van der Waals surface area contributed by atoms with Gasteiger partial charge in [-0.15, -0.1) is 0 Å². The van der Waals surface area contributed by atoms with E-state index in [1.54, 1.807) is 29.2 Å². The normalized spacial score (nSPS) is 21.3. The topological polar surface area (TPSA) is 111 Å². The van der Waals surface area contributed by atoms with Gasteiger partial charge in [-0.05, 0) is 87.5 Å². The van der Waals surface area contributed by atoms with Crippen LogP contribution in [0.1, 0.15) is 47.3 Å². The number of nitrogens with zero attached hydrogens (tertiary/aromatic N) is 4. The van der Waals surface area contributed by atoms with Gasteiger partial charge < -0.3 is 19.9 Å². The first-order valence-electron chi connectivity index (χ1n) is 16.7. The molecule has 0 radical (unpaired) electrons. The molecule has 10 nitrogen and oxygen atoms in total. The van der Waals surface area contributed by atoms with Gasteiger partial charge in [-0.25, -0.2) is 9.49 Å². The number of nitrogens with one attached hydrogen (secondary N) is 2.